The Morgan fingerprint density at radius 3 is 2.62 bits per heavy atom. The molecule has 0 aliphatic heterocycles. The average Bonchev–Trinajstić information content (AvgIpc) is 2.82. The van der Waals surface area contributed by atoms with E-state index in [2.05, 4.69) is 20.6 Å². The van der Waals surface area contributed by atoms with Gasteiger partial charge in [-0.25, -0.2) is 9.78 Å². The van der Waals surface area contributed by atoms with Gasteiger partial charge in [0.15, 0.2) is 0 Å². The molecule has 2 aromatic heterocycles. The molecule has 2 N–H and O–H groups in total. The first kappa shape index (κ1) is 15.0. The second-order valence-electron chi connectivity index (χ2n) is 4.82. The second-order valence-corrected chi connectivity index (χ2v) is 4.82. The Labute approximate surface area is 124 Å². The molecule has 0 aliphatic rings. The van der Waals surface area contributed by atoms with Crippen molar-refractivity contribution in [3.05, 3.63) is 47.4 Å². The van der Waals surface area contributed by atoms with Crippen LogP contribution in [0.2, 0.25) is 0 Å². The first-order valence-corrected chi connectivity index (χ1v) is 6.97. The van der Waals surface area contributed by atoms with Gasteiger partial charge in [-0.1, -0.05) is 6.92 Å². The van der Waals surface area contributed by atoms with Crippen LogP contribution in [0.1, 0.15) is 42.3 Å². The lowest BCUT2D eigenvalue weighted by atomic mass is 10.1. The van der Waals surface area contributed by atoms with E-state index in [4.69, 9.17) is 4.42 Å². The maximum Gasteiger partial charge on any atom is 0.315 e. The van der Waals surface area contributed by atoms with Crippen molar-refractivity contribution in [2.75, 3.05) is 0 Å². The zero-order chi connectivity index (χ0) is 15.2. The molecule has 2 amide bonds. The number of hydrogen-bond donors (Lipinski definition) is 2. The molecule has 112 valence electrons. The van der Waals surface area contributed by atoms with Gasteiger partial charge in [-0.3, -0.25) is 4.98 Å². The molecule has 0 radical (unpaired) electrons. The van der Waals surface area contributed by atoms with Crippen molar-refractivity contribution >= 4 is 6.03 Å². The van der Waals surface area contributed by atoms with Crippen molar-refractivity contribution in [1.29, 1.82) is 0 Å². The molecular formula is C15H20N4O2. The van der Waals surface area contributed by atoms with Crippen LogP contribution in [-0.2, 0) is 6.54 Å². The number of carbonyl (C=O) groups is 1. The largest absolute Gasteiger partial charge is 0.444 e. The van der Waals surface area contributed by atoms with Crippen LogP contribution in [-0.4, -0.2) is 16.0 Å². The van der Waals surface area contributed by atoms with Gasteiger partial charge in [0.2, 0.25) is 5.89 Å². The van der Waals surface area contributed by atoms with E-state index >= 15 is 0 Å². The van der Waals surface area contributed by atoms with Crippen molar-refractivity contribution in [3.8, 4) is 0 Å². The molecule has 0 saturated heterocycles. The predicted octanol–water partition coefficient (Wildman–Crippen LogP) is 2.64. The lowest BCUT2D eigenvalue weighted by Crippen LogP contribution is -2.37. The molecule has 1 atom stereocenters. The summed E-state index contributed by atoms with van der Waals surface area (Å²) in [5.74, 6) is 1.28. The van der Waals surface area contributed by atoms with Gasteiger partial charge < -0.3 is 15.1 Å². The van der Waals surface area contributed by atoms with E-state index in [1.54, 1.807) is 12.4 Å². The van der Waals surface area contributed by atoms with Crippen LogP contribution >= 0.6 is 0 Å². The fourth-order valence-corrected chi connectivity index (χ4v) is 2.00. The maximum atomic E-state index is 11.9. The van der Waals surface area contributed by atoms with Crippen LogP contribution in [0.5, 0.6) is 0 Å². The van der Waals surface area contributed by atoms with Gasteiger partial charge in [-0.15, -0.1) is 0 Å². The average molecular weight is 288 g/mol. The Kier molecular flexibility index (Phi) is 4.92. The molecule has 6 heteroatoms. The number of amides is 2. The second kappa shape index (κ2) is 6.88. The number of aryl methyl sites for hydroxylation is 2. The van der Waals surface area contributed by atoms with Gasteiger partial charge in [0.05, 0.1) is 18.3 Å². The SMILES string of the molecule is CC[C@H](NC(=O)NCc1nc(C)c(C)o1)c1ccncc1. The Hall–Kier alpha value is -2.37. The summed E-state index contributed by atoms with van der Waals surface area (Å²) in [7, 11) is 0. The van der Waals surface area contributed by atoms with E-state index in [9.17, 15) is 4.79 Å². The van der Waals surface area contributed by atoms with E-state index < -0.39 is 0 Å². The quantitative estimate of drug-likeness (QED) is 0.886. The van der Waals surface area contributed by atoms with Crippen LogP contribution in [0.4, 0.5) is 4.79 Å². The molecule has 0 unspecified atom stereocenters. The highest BCUT2D eigenvalue weighted by Gasteiger charge is 2.13. The Morgan fingerprint density at radius 1 is 1.33 bits per heavy atom. The summed E-state index contributed by atoms with van der Waals surface area (Å²) in [4.78, 5) is 20.1. The minimum absolute atomic E-state index is 0.0407. The molecule has 2 heterocycles. The summed E-state index contributed by atoms with van der Waals surface area (Å²) in [6.45, 7) is 6.01. The van der Waals surface area contributed by atoms with Gasteiger partial charge in [-0.05, 0) is 38.0 Å². The monoisotopic (exact) mass is 288 g/mol. The number of oxazole rings is 1. The number of hydrogen-bond acceptors (Lipinski definition) is 4. The minimum atomic E-state index is -0.243. The topological polar surface area (TPSA) is 80.0 Å². The van der Waals surface area contributed by atoms with Crippen LogP contribution in [0.3, 0.4) is 0 Å². The number of nitrogens with one attached hydrogen (secondary N) is 2. The summed E-state index contributed by atoms with van der Waals surface area (Å²) in [6, 6.07) is 3.51. The van der Waals surface area contributed by atoms with E-state index in [-0.39, 0.29) is 18.6 Å². The first-order chi connectivity index (χ1) is 10.1. The highest BCUT2D eigenvalue weighted by molar-refractivity contribution is 5.74. The predicted molar refractivity (Wildman–Crippen MR) is 78.6 cm³/mol. The molecule has 2 aromatic rings. The van der Waals surface area contributed by atoms with Crippen LogP contribution in [0.25, 0.3) is 0 Å². The number of carbonyl (C=O) groups excluding carboxylic acids is 1. The van der Waals surface area contributed by atoms with E-state index in [0.29, 0.717) is 5.89 Å². The van der Waals surface area contributed by atoms with Crippen LogP contribution < -0.4 is 10.6 Å². The standard InChI is InChI=1S/C15H20N4O2/c1-4-13(12-5-7-16-8-6-12)19-15(20)17-9-14-18-10(2)11(3)21-14/h5-8,13H,4,9H2,1-3H3,(H2,17,19,20)/t13-/m0/s1. The van der Waals surface area contributed by atoms with Gasteiger partial charge >= 0.3 is 6.03 Å². The Bertz CT molecular complexity index is 575. The first-order valence-electron chi connectivity index (χ1n) is 6.97. The fraction of sp³-hybridized carbons (Fsp3) is 0.400. The van der Waals surface area contributed by atoms with Gasteiger partial charge in [0.25, 0.3) is 0 Å². The summed E-state index contributed by atoms with van der Waals surface area (Å²) in [5.41, 5.74) is 1.88. The van der Waals surface area contributed by atoms with Crippen molar-refractivity contribution in [1.82, 2.24) is 20.6 Å². The third-order valence-electron chi connectivity index (χ3n) is 3.30. The van der Waals surface area contributed by atoms with Crippen LogP contribution in [0.15, 0.2) is 28.9 Å². The molecule has 6 nitrogen and oxygen atoms in total. The van der Waals surface area contributed by atoms with Gasteiger partial charge in [-0.2, -0.15) is 0 Å². The molecule has 2 rings (SSSR count). The third kappa shape index (κ3) is 4.05. The van der Waals surface area contributed by atoms with Gasteiger partial charge in [0, 0.05) is 12.4 Å². The minimum Gasteiger partial charge on any atom is -0.444 e. The summed E-state index contributed by atoms with van der Waals surface area (Å²) >= 11 is 0. The van der Waals surface area contributed by atoms with Gasteiger partial charge in [0.1, 0.15) is 5.76 Å². The molecule has 0 bridgehead atoms. The zero-order valence-electron chi connectivity index (χ0n) is 12.5. The number of aromatic nitrogens is 2. The molecule has 0 saturated carbocycles. The van der Waals surface area contributed by atoms with Crippen molar-refractivity contribution in [2.45, 2.75) is 39.8 Å². The molecule has 0 aromatic carbocycles. The summed E-state index contributed by atoms with van der Waals surface area (Å²) in [5, 5.41) is 5.68. The molecule has 0 fully saturated rings. The Balaban J connectivity index is 1.88. The molecule has 21 heavy (non-hydrogen) atoms. The van der Waals surface area contributed by atoms with E-state index in [1.165, 1.54) is 0 Å². The lowest BCUT2D eigenvalue weighted by molar-refractivity contribution is 0.235. The van der Waals surface area contributed by atoms with Crippen molar-refractivity contribution in [2.24, 2.45) is 0 Å². The Morgan fingerprint density at radius 2 is 2.05 bits per heavy atom. The number of urea groups is 1. The van der Waals surface area contributed by atoms with Crippen LogP contribution in [0, 0.1) is 13.8 Å². The lowest BCUT2D eigenvalue weighted by Gasteiger charge is -2.17. The highest BCUT2D eigenvalue weighted by Crippen LogP contribution is 2.15. The van der Waals surface area contributed by atoms with E-state index in [0.717, 1.165) is 23.4 Å². The third-order valence-corrected chi connectivity index (χ3v) is 3.30. The fourth-order valence-electron chi connectivity index (χ4n) is 2.00. The van der Waals surface area contributed by atoms with Crippen molar-refractivity contribution in [3.63, 3.8) is 0 Å². The normalized spacial score (nSPS) is 12.0. The highest BCUT2D eigenvalue weighted by atomic mass is 16.4. The summed E-state index contributed by atoms with van der Waals surface area (Å²) < 4.78 is 5.42. The molecule has 0 aliphatic carbocycles. The smallest absolute Gasteiger partial charge is 0.315 e. The summed E-state index contributed by atoms with van der Waals surface area (Å²) in [6.07, 6.45) is 4.24. The molecular weight excluding hydrogens is 268 g/mol. The maximum absolute atomic E-state index is 11.9. The zero-order valence-corrected chi connectivity index (χ0v) is 12.5. The number of rotatable bonds is 5. The number of pyridine rings is 1. The van der Waals surface area contributed by atoms with E-state index in [1.807, 2.05) is 32.9 Å². The molecule has 0 spiro atoms. The van der Waals surface area contributed by atoms with Crippen molar-refractivity contribution < 1.29 is 9.21 Å². The number of nitrogens with zero attached hydrogens (tertiary/aromatic N) is 2.